The third kappa shape index (κ3) is 4.35. The maximum absolute atomic E-state index is 9.79. The number of carbonyl (C=O) groups is 1. The fourth-order valence-electron chi connectivity index (χ4n) is 3.01. The molecule has 0 bridgehead atoms. The Labute approximate surface area is 130 Å². The molecule has 21 heavy (non-hydrogen) atoms. The highest BCUT2D eigenvalue weighted by atomic mass is 35.5. The molecule has 2 atom stereocenters. The SMILES string of the molecule is CC(C)(C)NC(=O)[O-].Clc1ccc2c(c1)CC1CNCC21. The molecule has 116 valence electrons. The van der Waals surface area contributed by atoms with Crippen molar-refractivity contribution in [2.75, 3.05) is 13.1 Å². The monoisotopic (exact) mass is 309 g/mol. The van der Waals surface area contributed by atoms with Gasteiger partial charge >= 0.3 is 0 Å². The van der Waals surface area contributed by atoms with Crippen LogP contribution < -0.4 is 15.7 Å². The number of hydrogen-bond acceptors (Lipinski definition) is 3. The van der Waals surface area contributed by atoms with E-state index >= 15 is 0 Å². The number of carbonyl (C=O) groups excluding carboxylic acids is 1. The molecule has 4 nitrogen and oxygen atoms in total. The molecule has 2 aliphatic rings. The summed E-state index contributed by atoms with van der Waals surface area (Å²) >= 11 is 5.96. The van der Waals surface area contributed by atoms with Crippen molar-refractivity contribution in [3.8, 4) is 0 Å². The van der Waals surface area contributed by atoms with Crippen LogP contribution in [0.5, 0.6) is 0 Å². The molecule has 1 aromatic carbocycles. The second-order valence-electron chi connectivity index (χ2n) is 6.73. The second kappa shape index (κ2) is 6.24. The molecule has 1 saturated heterocycles. The fourth-order valence-corrected chi connectivity index (χ4v) is 3.21. The van der Waals surface area contributed by atoms with Gasteiger partial charge in [-0.2, -0.15) is 0 Å². The van der Waals surface area contributed by atoms with Gasteiger partial charge in [0.2, 0.25) is 0 Å². The number of benzene rings is 1. The Hall–Kier alpha value is -1.26. The number of nitrogens with one attached hydrogen (secondary N) is 2. The van der Waals surface area contributed by atoms with E-state index in [1.807, 2.05) is 6.07 Å². The maximum atomic E-state index is 9.79. The minimum absolute atomic E-state index is 0.390. The minimum Gasteiger partial charge on any atom is -0.530 e. The first kappa shape index (κ1) is 16.1. The van der Waals surface area contributed by atoms with Gasteiger partial charge in [-0.1, -0.05) is 17.7 Å². The van der Waals surface area contributed by atoms with Crippen LogP contribution in [-0.4, -0.2) is 24.7 Å². The third-order valence-corrected chi connectivity index (χ3v) is 4.04. The van der Waals surface area contributed by atoms with Gasteiger partial charge in [-0.15, -0.1) is 0 Å². The normalized spacial score (nSPS) is 22.9. The minimum atomic E-state index is -1.22. The Balaban J connectivity index is 0.000000177. The average Bonchev–Trinajstić information content (AvgIpc) is 2.85. The average molecular weight is 310 g/mol. The zero-order valence-corrected chi connectivity index (χ0v) is 13.5. The molecule has 1 aliphatic carbocycles. The lowest BCUT2D eigenvalue weighted by Crippen LogP contribution is -2.47. The van der Waals surface area contributed by atoms with Crippen LogP contribution in [-0.2, 0) is 6.42 Å². The molecular formula is C16H22ClN2O2-. The zero-order chi connectivity index (χ0) is 15.6. The predicted octanol–water partition coefficient (Wildman–Crippen LogP) is 1.92. The highest BCUT2D eigenvalue weighted by Crippen LogP contribution is 2.40. The van der Waals surface area contributed by atoms with Crippen molar-refractivity contribution in [1.29, 1.82) is 0 Å². The number of rotatable bonds is 0. The summed E-state index contributed by atoms with van der Waals surface area (Å²) in [7, 11) is 0. The van der Waals surface area contributed by atoms with Crippen LogP contribution in [0.3, 0.4) is 0 Å². The van der Waals surface area contributed by atoms with Gasteiger partial charge in [-0.25, -0.2) is 0 Å². The van der Waals surface area contributed by atoms with E-state index in [4.69, 9.17) is 11.6 Å². The molecule has 0 spiro atoms. The van der Waals surface area contributed by atoms with Crippen molar-refractivity contribution >= 4 is 17.7 Å². The third-order valence-electron chi connectivity index (χ3n) is 3.80. The lowest BCUT2D eigenvalue weighted by atomic mass is 9.97. The molecule has 1 aliphatic heterocycles. The predicted molar refractivity (Wildman–Crippen MR) is 82.5 cm³/mol. The first-order valence-electron chi connectivity index (χ1n) is 7.24. The van der Waals surface area contributed by atoms with Crippen molar-refractivity contribution in [3.63, 3.8) is 0 Å². The van der Waals surface area contributed by atoms with E-state index in [1.54, 1.807) is 20.8 Å². The van der Waals surface area contributed by atoms with E-state index in [2.05, 4.69) is 22.8 Å². The van der Waals surface area contributed by atoms with Crippen LogP contribution in [0.25, 0.3) is 0 Å². The van der Waals surface area contributed by atoms with Crippen molar-refractivity contribution in [1.82, 2.24) is 10.6 Å². The highest BCUT2D eigenvalue weighted by molar-refractivity contribution is 6.30. The summed E-state index contributed by atoms with van der Waals surface area (Å²) < 4.78 is 0. The highest BCUT2D eigenvalue weighted by Gasteiger charge is 2.35. The summed E-state index contributed by atoms with van der Waals surface area (Å²) in [5, 5.41) is 16.3. The molecule has 2 N–H and O–H groups in total. The molecule has 0 aromatic heterocycles. The number of hydrogen-bond donors (Lipinski definition) is 2. The quantitative estimate of drug-likeness (QED) is 0.769. The Morgan fingerprint density at radius 2 is 2.10 bits per heavy atom. The molecule has 3 rings (SSSR count). The van der Waals surface area contributed by atoms with Crippen molar-refractivity contribution in [2.24, 2.45) is 5.92 Å². The van der Waals surface area contributed by atoms with Crippen LogP contribution >= 0.6 is 11.6 Å². The van der Waals surface area contributed by atoms with Gasteiger partial charge in [-0.3, -0.25) is 0 Å². The van der Waals surface area contributed by atoms with Gasteiger partial charge in [0.1, 0.15) is 6.09 Å². The molecule has 1 fully saturated rings. The van der Waals surface area contributed by atoms with E-state index in [9.17, 15) is 9.90 Å². The second-order valence-corrected chi connectivity index (χ2v) is 7.17. The van der Waals surface area contributed by atoms with Crippen molar-refractivity contribution in [2.45, 2.75) is 38.6 Å². The molecule has 0 radical (unpaired) electrons. The van der Waals surface area contributed by atoms with Gasteiger partial charge < -0.3 is 20.5 Å². The standard InChI is InChI=1S/C11H12ClN.C5H11NO2/c12-9-1-2-10-7(4-9)3-8-5-13-6-11(8)10;1-5(2,3)6-4(7)8/h1-2,4,8,11,13H,3,5-6H2;6H,1-3H3,(H,7,8)/p-1. The summed E-state index contributed by atoms with van der Waals surface area (Å²) in [5.41, 5.74) is 2.61. The van der Waals surface area contributed by atoms with Gasteiger partial charge in [0.05, 0.1) is 0 Å². The van der Waals surface area contributed by atoms with Crippen LogP contribution in [0.1, 0.15) is 37.8 Å². The van der Waals surface area contributed by atoms with Crippen LogP contribution in [0.4, 0.5) is 4.79 Å². The Kier molecular flexibility index (Phi) is 4.79. The Morgan fingerprint density at radius 3 is 2.67 bits per heavy atom. The molecular weight excluding hydrogens is 288 g/mol. The number of amides is 1. The zero-order valence-electron chi connectivity index (χ0n) is 12.7. The Bertz CT molecular complexity index is 525. The largest absolute Gasteiger partial charge is 0.530 e. The molecule has 0 saturated carbocycles. The first-order valence-corrected chi connectivity index (χ1v) is 7.62. The van der Waals surface area contributed by atoms with E-state index in [0.717, 1.165) is 23.4 Å². The van der Waals surface area contributed by atoms with Gasteiger partial charge in [0.15, 0.2) is 0 Å². The summed E-state index contributed by atoms with van der Waals surface area (Å²) in [4.78, 5) is 9.79. The fraction of sp³-hybridized carbons (Fsp3) is 0.562. The lowest BCUT2D eigenvalue weighted by Gasteiger charge is -2.21. The number of fused-ring (bicyclic) bond motifs is 3. The molecule has 1 heterocycles. The summed E-state index contributed by atoms with van der Waals surface area (Å²) in [6.45, 7) is 7.59. The van der Waals surface area contributed by atoms with Gasteiger partial charge in [0.25, 0.3) is 0 Å². The lowest BCUT2D eigenvalue weighted by molar-refractivity contribution is -0.252. The molecule has 5 heteroatoms. The van der Waals surface area contributed by atoms with E-state index in [-0.39, 0.29) is 0 Å². The van der Waals surface area contributed by atoms with Crippen LogP contribution in [0.2, 0.25) is 5.02 Å². The first-order chi connectivity index (χ1) is 9.76. The summed E-state index contributed by atoms with van der Waals surface area (Å²) in [6.07, 6.45) is -0.00870. The molecule has 2 unspecified atom stereocenters. The number of halogens is 1. The molecule has 1 aromatic rings. The number of carboxylic acid groups (broad SMARTS) is 1. The van der Waals surface area contributed by atoms with E-state index < -0.39 is 11.6 Å². The smallest absolute Gasteiger partial charge is 0.134 e. The Morgan fingerprint density at radius 1 is 1.38 bits per heavy atom. The van der Waals surface area contributed by atoms with Crippen LogP contribution in [0.15, 0.2) is 18.2 Å². The summed E-state index contributed by atoms with van der Waals surface area (Å²) in [5.74, 6) is 1.58. The van der Waals surface area contributed by atoms with Crippen molar-refractivity contribution < 1.29 is 9.90 Å². The molecule has 1 amide bonds. The van der Waals surface area contributed by atoms with E-state index in [1.165, 1.54) is 24.1 Å². The van der Waals surface area contributed by atoms with Crippen molar-refractivity contribution in [3.05, 3.63) is 34.3 Å². The maximum Gasteiger partial charge on any atom is 0.134 e. The van der Waals surface area contributed by atoms with Crippen LogP contribution in [0, 0.1) is 5.92 Å². The van der Waals surface area contributed by atoms with E-state index in [0.29, 0.717) is 0 Å². The van der Waals surface area contributed by atoms with Gasteiger partial charge in [0, 0.05) is 23.0 Å². The van der Waals surface area contributed by atoms with Gasteiger partial charge in [-0.05, 0) is 62.9 Å². The summed E-state index contributed by atoms with van der Waals surface area (Å²) in [6, 6.07) is 6.35. The topological polar surface area (TPSA) is 64.2 Å².